The number of pyridine rings is 1. The number of nitrogens with two attached hydrogens (primary N) is 1. The number of aromatic nitrogens is 1. The highest BCUT2D eigenvalue weighted by molar-refractivity contribution is 5.70. The molecule has 1 aromatic heterocycles. The third-order valence-corrected chi connectivity index (χ3v) is 3.60. The zero-order valence-electron chi connectivity index (χ0n) is 15.1. The summed E-state index contributed by atoms with van der Waals surface area (Å²) in [5.41, 5.74) is 8.70. The van der Waals surface area contributed by atoms with Crippen LogP contribution in [-0.4, -0.2) is 19.8 Å². The van der Waals surface area contributed by atoms with Crippen LogP contribution in [0.3, 0.4) is 0 Å². The van der Waals surface area contributed by atoms with Crippen molar-refractivity contribution < 1.29 is 14.2 Å². The van der Waals surface area contributed by atoms with Gasteiger partial charge >= 0.3 is 0 Å². The van der Waals surface area contributed by atoms with Crippen LogP contribution < -0.4 is 15.5 Å². The summed E-state index contributed by atoms with van der Waals surface area (Å²) in [6.07, 6.45) is 9.36. The Balaban J connectivity index is 1.98. The molecule has 5 heteroatoms. The van der Waals surface area contributed by atoms with Gasteiger partial charge < -0.3 is 5.73 Å². The summed E-state index contributed by atoms with van der Waals surface area (Å²) in [6, 6.07) is 12.3. The molecular weight excluding hydrogens is 314 g/mol. The molecule has 0 aliphatic rings. The Morgan fingerprint density at radius 2 is 1.48 bits per heavy atom. The summed E-state index contributed by atoms with van der Waals surface area (Å²) in [7, 11) is 0. The molecule has 0 radical (unpaired) electrons. The summed E-state index contributed by atoms with van der Waals surface area (Å²) in [5, 5.41) is 1.46. The first-order valence-corrected chi connectivity index (χ1v) is 8.80. The van der Waals surface area contributed by atoms with E-state index in [0.29, 0.717) is 19.8 Å². The molecule has 0 saturated heterocycles. The van der Waals surface area contributed by atoms with E-state index < -0.39 is 0 Å². The lowest BCUT2D eigenvalue weighted by Crippen LogP contribution is -2.33. The minimum atomic E-state index is 0.556. The van der Waals surface area contributed by atoms with Crippen molar-refractivity contribution in [2.45, 2.75) is 26.8 Å². The molecule has 0 aliphatic carbocycles. The van der Waals surface area contributed by atoms with E-state index in [1.807, 2.05) is 38.1 Å². The minimum Gasteiger partial charge on any atom is -0.330 e. The predicted molar refractivity (Wildman–Crippen MR) is 101 cm³/mol. The first-order valence-electron chi connectivity index (χ1n) is 8.80. The van der Waals surface area contributed by atoms with Gasteiger partial charge in [0.05, 0.1) is 18.9 Å². The molecule has 0 amide bonds. The Morgan fingerprint density at radius 1 is 0.920 bits per heavy atom. The molecule has 5 nitrogen and oxygen atoms in total. The number of nitrogens with zero attached hydrogens (tertiary/aromatic N) is 2. The van der Waals surface area contributed by atoms with E-state index in [2.05, 4.69) is 41.2 Å². The molecule has 2 aromatic rings. The first-order chi connectivity index (χ1) is 12.3. The van der Waals surface area contributed by atoms with Crippen molar-refractivity contribution in [3.05, 3.63) is 59.9 Å². The predicted octanol–water partition coefficient (Wildman–Crippen LogP) is 3.20. The highest BCUT2D eigenvalue weighted by Gasteiger charge is 2.06. The van der Waals surface area contributed by atoms with Gasteiger partial charge in [-0.05, 0) is 43.7 Å². The first kappa shape index (κ1) is 19.1. The van der Waals surface area contributed by atoms with Gasteiger partial charge in [-0.3, -0.25) is 0 Å². The second-order valence-electron chi connectivity index (χ2n) is 5.53. The second-order valence-corrected chi connectivity index (χ2v) is 5.53. The van der Waals surface area contributed by atoms with Gasteiger partial charge in [0.1, 0.15) is 6.54 Å². The van der Waals surface area contributed by atoms with Crippen molar-refractivity contribution in [3.63, 3.8) is 0 Å². The van der Waals surface area contributed by atoms with Crippen molar-refractivity contribution in [2.75, 3.05) is 25.0 Å². The highest BCUT2D eigenvalue weighted by atomic mass is 16.9. The summed E-state index contributed by atoms with van der Waals surface area (Å²) in [6.45, 7) is 6.65. The number of benzene rings is 1. The zero-order chi connectivity index (χ0) is 17.9. The van der Waals surface area contributed by atoms with Crippen LogP contribution in [0.15, 0.2) is 48.8 Å². The van der Waals surface area contributed by atoms with E-state index in [-0.39, 0.29) is 0 Å². The van der Waals surface area contributed by atoms with Crippen LogP contribution in [0.4, 0.5) is 5.69 Å². The summed E-state index contributed by atoms with van der Waals surface area (Å²) < 4.78 is 2.15. The van der Waals surface area contributed by atoms with E-state index >= 15 is 0 Å². The smallest absolute Gasteiger partial charge is 0.169 e. The van der Waals surface area contributed by atoms with Crippen molar-refractivity contribution in [2.24, 2.45) is 5.73 Å². The Morgan fingerprint density at radius 3 is 2.00 bits per heavy atom. The van der Waals surface area contributed by atoms with Gasteiger partial charge in [0.2, 0.25) is 0 Å². The van der Waals surface area contributed by atoms with Crippen LogP contribution in [0.2, 0.25) is 0 Å². The normalized spacial score (nSPS) is 11.2. The summed E-state index contributed by atoms with van der Waals surface area (Å²) in [5.74, 6) is 0. The standard InChI is InChI=1S/C20H28N3O2/c1-3-24-23(25-4-2)20-10-8-18(9-11-20)6-7-19-12-16-22(17-13-19)15-5-14-21/h6-13,16-17H,3-5,14-15,21H2,1-2H3/q+1. The van der Waals surface area contributed by atoms with Crippen molar-refractivity contribution in [3.8, 4) is 0 Å². The van der Waals surface area contributed by atoms with Crippen LogP contribution in [0.1, 0.15) is 31.4 Å². The van der Waals surface area contributed by atoms with Gasteiger partial charge in [-0.25, -0.2) is 14.2 Å². The fourth-order valence-corrected chi connectivity index (χ4v) is 2.32. The Hall–Kier alpha value is -2.21. The molecule has 0 fully saturated rings. The fourth-order valence-electron chi connectivity index (χ4n) is 2.32. The Bertz CT molecular complexity index is 633. The molecule has 134 valence electrons. The maximum absolute atomic E-state index is 5.54. The third kappa shape index (κ3) is 6.31. The van der Waals surface area contributed by atoms with Crippen molar-refractivity contribution in [1.29, 1.82) is 0 Å². The van der Waals surface area contributed by atoms with Gasteiger partial charge in [-0.1, -0.05) is 24.3 Å². The fraction of sp³-hybridized carbons (Fsp3) is 0.350. The van der Waals surface area contributed by atoms with Gasteiger partial charge in [0.25, 0.3) is 0 Å². The number of aryl methyl sites for hydroxylation is 1. The molecule has 0 aliphatic heterocycles. The number of hydrogen-bond acceptors (Lipinski definition) is 4. The summed E-state index contributed by atoms with van der Waals surface area (Å²) >= 11 is 0. The van der Waals surface area contributed by atoms with Crippen molar-refractivity contribution in [1.82, 2.24) is 0 Å². The number of rotatable bonds is 10. The molecule has 2 rings (SSSR count). The van der Waals surface area contributed by atoms with Gasteiger partial charge in [0, 0.05) is 18.6 Å². The van der Waals surface area contributed by atoms with Crippen LogP contribution in [0.5, 0.6) is 0 Å². The average molecular weight is 342 g/mol. The molecule has 2 N–H and O–H groups in total. The maximum Gasteiger partial charge on any atom is 0.169 e. The summed E-state index contributed by atoms with van der Waals surface area (Å²) in [4.78, 5) is 10.9. The van der Waals surface area contributed by atoms with Crippen LogP contribution in [0, 0.1) is 0 Å². The van der Waals surface area contributed by atoms with E-state index in [9.17, 15) is 0 Å². The number of anilines is 1. The van der Waals surface area contributed by atoms with Crippen LogP contribution >= 0.6 is 0 Å². The SMILES string of the molecule is CCON(OCC)c1ccc(C=Cc2cc[n+](CCCN)cc2)cc1. The quantitative estimate of drug-likeness (QED) is 0.532. The lowest BCUT2D eigenvalue weighted by Gasteiger charge is -2.21. The van der Waals surface area contributed by atoms with E-state index in [1.54, 1.807) is 0 Å². The maximum atomic E-state index is 5.54. The molecule has 0 unspecified atom stereocenters. The molecular formula is C20H28N3O2+. The third-order valence-electron chi connectivity index (χ3n) is 3.60. The highest BCUT2D eigenvalue weighted by Crippen LogP contribution is 2.17. The minimum absolute atomic E-state index is 0.556. The Kier molecular flexibility index (Phi) is 8.12. The molecule has 0 spiro atoms. The Labute approximate surface area is 150 Å². The van der Waals surface area contributed by atoms with Crippen LogP contribution in [0.25, 0.3) is 12.2 Å². The van der Waals surface area contributed by atoms with Crippen LogP contribution in [-0.2, 0) is 16.2 Å². The largest absolute Gasteiger partial charge is 0.330 e. The monoisotopic (exact) mass is 342 g/mol. The lowest BCUT2D eigenvalue weighted by molar-refractivity contribution is -0.697. The topological polar surface area (TPSA) is 51.6 Å². The zero-order valence-corrected chi connectivity index (χ0v) is 15.1. The number of hydrogen-bond donors (Lipinski definition) is 1. The van der Waals surface area contributed by atoms with E-state index in [4.69, 9.17) is 15.4 Å². The second kappa shape index (κ2) is 10.6. The molecule has 1 heterocycles. The lowest BCUT2D eigenvalue weighted by atomic mass is 10.1. The van der Waals surface area contributed by atoms with Gasteiger partial charge in [-0.2, -0.15) is 0 Å². The molecule has 1 aromatic carbocycles. The van der Waals surface area contributed by atoms with Gasteiger partial charge in [0.15, 0.2) is 12.4 Å². The van der Waals surface area contributed by atoms with Gasteiger partial charge in [-0.15, -0.1) is 5.23 Å². The molecule has 0 bridgehead atoms. The van der Waals surface area contributed by atoms with Crippen molar-refractivity contribution >= 4 is 17.8 Å². The average Bonchev–Trinajstić information content (AvgIpc) is 2.66. The molecule has 0 atom stereocenters. The van der Waals surface area contributed by atoms with E-state index in [1.165, 1.54) is 10.8 Å². The molecule has 0 saturated carbocycles. The van der Waals surface area contributed by atoms with E-state index in [0.717, 1.165) is 24.2 Å². The molecule has 25 heavy (non-hydrogen) atoms.